The Hall–Kier alpha value is -5.62. The summed E-state index contributed by atoms with van der Waals surface area (Å²) in [4.78, 5) is 88.7. The van der Waals surface area contributed by atoms with Crippen LogP contribution in [0, 0.1) is 67.6 Å². The number of carbonyl (C=O) groups excluding carboxylic acids is 5. The minimum absolute atomic E-state index is 0. The van der Waals surface area contributed by atoms with Crippen LogP contribution >= 0.6 is 50.5 Å². The zero-order valence-electron chi connectivity index (χ0n) is 57.9. The molecular weight excluding hydrogens is 1480 g/mol. The second-order valence-electron chi connectivity index (χ2n) is 20.6. The average Bonchev–Trinajstić information content (AvgIpc) is 1.62. The van der Waals surface area contributed by atoms with E-state index in [1.165, 1.54) is 34.0 Å². The standard InChI is InChI=1S/C28H36N7O8P.C12H16N2O5.C9H13IN2O5.C3H5ClNOP.2C3H7.C2H2.Ni/c1-17(2)35(18(3)4)44(41-13-7-12-29)43-23-14-24(42-27(23)40-6)33-15-21(25(36)30-28(33)38)22-16-34(32-31-22)20-10-8-19(9-11-20)26(37)39-5;1-3-7-5-14(12(17)13-11(7)16)10-4-8(15)9(19-10)6-18-2;10-4-2-12(9(16)11-8(4)15)7-1-5(14)6(3-13)17-7;4-7-6-3-1-2-5;2*1-3-2;1-2;/h8-11,15-18,23-24,27H,7,13-14H2,1-6H3,(H,30,36,38);1,7-10,15H,4-6H2,2H3,(H,13,16,17);4-7,13-14H,1-3H2,(H,11,15,16);7H,1,3H2;2*1,3H2,2H3;1-2H;/q;;;;2*-1;;+2/i6TD;2TD;;;;;;. The number of alkyl halides is 1. The topological polar surface area (TPSA) is 396 Å². The van der Waals surface area contributed by atoms with E-state index >= 15 is 0 Å². The van der Waals surface area contributed by atoms with Crippen LogP contribution < -0.4 is 21.9 Å². The number of halogens is 2. The molecule has 7 heterocycles. The summed E-state index contributed by atoms with van der Waals surface area (Å²) >= 11 is 7.07. The molecule has 534 valence electrons. The third kappa shape index (κ3) is 27.2. The van der Waals surface area contributed by atoms with Crippen LogP contribution in [0.5, 0.6) is 0 Å². The molecule has 5 aliphatic rings. The molecule has 6 N–H and O–H groups in total. The molecule has 5 saturated heterocycles. The zero-order chi connectivity index (χ0) is 74.6. The van der Waals surface area contributed by atoms with Gasteiger partial charge >= 0.3 is 40.2 Å². The van der Waals surface area contributed by atoms with Crippen LogP contribution in [0.1, 0.15) is 109 Å². The van der Waals surface area contributed by atoms with E-state index in [2.05, 4.69) is 63.1 Å². The van der Waals surface area contributed by atoms with Crippen molar-refractivity contribution >= 4 is 80.4 Å². The number of terminal acetylenes is 2. The number of rotatable bonds is 21. The van der Waals surface area contributed by atoms with Crippen molar-refractivity contribution in [3.63, 3.8) is 0 Å². The Morgan fingerprint density at radius 2 is 1.49 bits per heavy atom. The van der Waals surface area contributed by atoms with Gasteiger partial charge in [-0.25, -0.2) is 28.5 Å². The van der Waals surface area contributed by atoms with E-state index in [0.717, 1.165) is 17.4 Å². The van der Waals surface area contributed by atoms with Gasteiger partial charge in [0.1, 0.15) is 60.7 Å². The Morgan fingerprint density at radius 1 is 0.917 bits per heavy atom. The predicted molar refractivity (Wildman–Crippen MR) is 358 cm³/mol. The summed E-state index contributed by atoms with van der Waals surface area (Å²) in [6, 6.07) is 9.23. The van der Waals surface area contributed by atoms with Gasteiger partial charge in [0.25, 0.3) is 14.1 Å². The van der Waals surface area contributed by atoms with Gasteiger partial charge in [0.05, 0.1) is 99.2 Å². The molecule has 1 aromatic carbocycles. The van der Waals surface area contributed by atoms with Crippen LogP contribution in [-0.2, 0) is 68.1 Å². The second kappa shape index (κ2) is 47.4. The molecule has 0 spiro atoms. The molecule has 5 fully saturated rings. The molecule has 31 nitrogen and oxygen atoms in total. The van der Waals surface area contributed by atoms with Crippen LogP contribution in [0.25, 0.3) is 16.9 Å². The number of aliphatic hydroxyl groups excluding tert-OH is 3. The van der Waals surface area contributed by atoms with Crippen molar-refractivity contribution in [2.45, 2.75) is 158 Å². The van der Waals surface area contributed by atoms with E-state index in [1.54, 1.807) is 24.3 Å². The minimum Gasteiger partial charge on any atom is -0.465 e. The number of aromatic nitrogens is 5. The van der Waals surface area contributed by atoms with Gasteiger partial charge in [0, 0.05) is 64.8 Å². The number of nitriles is 2. The number of nitrogens with zero attached hydrogens (tertiary/aromatic N) is 9. The zero-order valence-corrected chi connectivity index (χ0v) is 59.7. The van der Waals surface area contributed by atoms with Crippen molar-refractivity contribution in [3.05, 3.63) is 76.9 Å². The van der Waals surface area contributed by atoms with Crippen molar-refractivity contribution in [1.29, 1.82) is 10.5 Å². The molecule has 96 heavy (non-hydrogen) atoms. The fraction of sp³-hybridized carbons (Fsp3) is 0.583. The molecule has 36 heteroatoms. The van der Waals surface area contributed by atoms with Gasteiger partial charge in [0.2, 0.25) is 11.8 Å². The monoisotopic (exact) mass is 1570 g/mol. The number of aromatic amines is 1. The van der Waals surface area contributed by atoms with Crippen molar-refractivity contribution in [2.24, 2.45) is 5.92 Å². The normalized spacial score (nSPS) is 24.8. The summed E-state index contributed by atoms with van der Waals surface area (Å²) in [6.07, 6.45) is 11.5. The van der Waals surface area contributed by atoms with Crippen LogP contribution in [0.3, 0.4) is 0 Å². The fourth-order valence-corrected chi connectivity index (χ4v) is 11.6. The largest absolute Gasteiger partial charge is 2.00 e. The van der Waals surface area contributed by atoms with Crippen molar-refractivity contribution < 1.29 is 103 Å². The second-order valence-corrected chi connectivity index (χ2v) is 24.4. The summed E-state index contributed by atoms with van der Waals surface area (Å²) in [7, 11) is -3.65. The quantitative estimate of drug-likeness (QED) is 0.0116. The van der Waals surface area contributed by atoms with E-state index in [9.17, 15) is 43.8 Å². The van der Waals surface area contributed by atoms with Crippen molar-refractivity contribution in [2.75, 3.05) is 60.8 Å². The number of hydrogen-bond acceptors (Lipinski definition) is 24. The Balaban J connectivity index is 0.000000759. The first-order valence-electron chi connectivity index (χ1n) is 31.6. The number of ether oxygens (including phenoxy) is 6. The Morgan fingerprint density at radius 3 is 2.02 bits per heavy atom. The molecular formula is C60H86ClIN12NiO19P2. The van der Waals surface area contributed by atoms with E-state index in [-0.39, 0.29) is 116 Å². The minimum atomic E-state index is -1.74. The van der Waals surface area contributed by atoms with Gasteiger partial charge in [-0.1, -0.05) is 58.8 Å². The van der Waals surface area contributed by atoms with E-state index in [0.29, 0.717) is 24.3 Å². The van der Waals surface area contributed by atoms with Crippen LogP contribution in [0.2, 0.25) is 0 Å². The summed E-state index contributed by atoms with van der Waals surface area (Å²) < 4.78 is 82.1. The van der Waals surface area contributed by atoms with Crippen LogP contribution in [-0.4, -0.2) is 210 Å². The number of aliphatic hydroxyl groups is 3. The number of benzene rings is 1. The van der Waals surface area contributed by atoms with Gasteiger partial charge < -0.3 is 71.2 Å². The number of nitrogens with one attached hydrogen (secondary N) is 3. The summed E-state index contributed by atoms with van der Waals surface area (Å²) in [5, 5.41) is 57.9. The van der Waals surface area contributed by atoms with Crippen molar-refractivity contribution in [3.8, 4) is 54.3 Å². The molecule has 15 atom stereocenters. The molecule has 0 radical (unpaired) electrons. The smallest absolute Gasteiger partial charge is 0.465 e. The van der Waals surface area contributed by atoms with Crippen LogP contribution in [0.15, 0.2) is 46.2 Å². The number of carbonyl (C=O) groups is 5. The number of hydrogen-bond donors (Lipinski definition) is 6. The molecule has 0 bridgehead atoms. The first-order valence-corrected chi connectivity index (χ1v) is 33.6. The summed E-state index contributed by atoms with van der Waals surface area (Å²) in [5.41, 5.74) is -0.391. The number of urea groups is 2. The summed E-state index contributed by atoms with van der Waals surface area (Å²) in [6.45, 7) is 19.4. The van der Waals surface area contributed by atoms with Crippen molar-refractivity contribution in [1.82, 2.24) is 49.6 Å². The van der Waals surface area contributed by atoms with Gasteiger partial charge in [-0.3, -0.25) is 44.4 Å². The molecule has 5 aliphatic heterocycles. The maximum Gasteiger partial charge on any atom is 2.00 e. The maximum absolute atomic E-state index is 13.0. The first kappa shape index (κ1) is 81.1. The van der Waals surface area contributed by atoms with Crippen LogP contribution in [0.4, 0.5) is 9.59 Å². The Labute approximate surface area is 596 Å². The Kier molecular flexibility index (Phi) is 40.0. The number of H-pyrrole nitrogens is 1. The molecule has 3 aromatic rings. The molecule has 2 aromatic heterocycles. The molecule has 6 amide bonds. The Bertz CT molecular complexity index is 3260. The number of methoxy groups -OCH3 is 3. The third-order valence-electron chi connectivity index (χ3n) is 13.1. The van der Waals surface area contributed by atoms with Gasteiger partial charge in [0.15, 0.2) is 6.29 Å². The molecule has 15 unspecified atom stereocenters. The maximum atomic E-state index is 13.0. The third-order valence-corrected chi connectivity index (χ3v) is 16.8. The van der Waals surface area contributed by atoms with E-state index in [4.69, 9.17) is 76.2 Å². The molecule has 8 rings (SSSR count). The molecule has 0 aliphatic carbocycles. The van der Waals surface area contributed by atoms with Gasteiger partial charge in [-0.2, -0.15) is 23.4 Å². The molecule has 0 saturated carbocycles. The fourth-order valence-electron chi connectivity index (χ4n) is 8.88. The predicted octanol–water partition coefficient (Wildman–Crippen LogP) is 5.22. The number of esters is 1. The van der Waals surface area contributed by atoms with Gasteiger partial charge in [-0.15, -0.1) is 24.4 Å². The number of amides is 6. The van der Waals surface area contributed by atoms with E-state index < -0.39 is 119 Å². The first-order chi connectivity index (χ1) is 47.1. The van der Waals surface area contributed by atoms with E-state index in [1.807, 2.05) is 80.9 Å². The average molecular weight is 1570 g/mol. The summed E-state index contributed by atoms with van der Waals surface area (Å²) in [5.74, 6) is 0.202. The number of imide groups is 2. The SMILES string of the molecule is C#C.N#CCCOPCl.O=C1NC(=O)N(C2CC(O)C(CO)O2)CC1I.[2H]C([3H])OC1OC(n2cc(-c3cn(-c4ccc(C(=O)OC)cc4)nn3)c(=O)[nH]c2=O)CC1OP(OCCC#N)N(C(C)C)C(C)C.[2H]C([3H])OCC1OC(N2CC(C#C)C(=O)NC2=O)CC1O.[CH2-]CC.[CH2-]CC.[Ni+2]. The van der Waals surface area contributed by atoms with Gasteiger partial charge in [-0.05, 0) is 52.0 Å².